The second-order valence-corrected chi connectivity index (χ2v) is 9.94. The number of carbonyl (C=O) groups is 1. The van der Waals surface area contributed by atoms with Crippen LogP contribution in [0.2, 0.25) is 0 Å². The Bertz CT molecular complexity index is 1390. The Kier molecular flexibility index (Phi) is 8.82. The van der Waals surface area contributed by atoms with Gasteiger partial charge in [0.15, 0.2) is 17.2 Å². The lowest BCUT2D eigenvalue weighted by atomic mass is 10.0. The molecule has 0 unspecified atom stereocenters. The van der Waals surface area contributed by atoms with Crippen molar-refractivity contribution in [2.45, 2.75) is 32.4 Å². The molecule has 13 heteroatoms. The molecular weight excluding hydrogens is 529 g/mol. The van der Waals surface area contributed by atoms with Gasteiger partial charge in [-0.05, 0) is 36.1 Å². The molecule has 1 aromatic carbocycles. The molecule has 2 aromatic heterocycles. The highest BCUT2D eigenvalue weighted by Gasteiger charge is 2.49. The van der Waals surface area contributed by atoms with Gasteiger partial charge in [0.05, 0.1) is 31.7 Å². The Morgan fingerprint density at radius 1 is 1.00 bits per heavy atom. The highest BCUT2D eigenvalue weighted by molar-refractivity contribution is 7.88. The lowest BCUT2D eigenvalue weighted by Crippen LogP contribution is -2.29. The topological polar surface area (TPSA) is 114 Å². The van der Waals surface area contributed by atoms with E-state index in [4.69, 9.17) is 14.2 Å². The number of pyridine rings is 2. The molecule has 0 bridgehead atoms. The smallest absolute Gasteiger partial charge is 0.497 e. The van der Waals surface area contributed by atoms with Crippen LogP contribution in [-0.2, 0) is 23.1 Å². The Morgan fingerprint density at radius 2 is 1.68 bits per heavy atom. The standard InChI is InChI=1S/C25H25F3N2O7S/c1-15(2)11-20-24(37-38(32,33)25(26,27)28)18(9-10-29-20)23(31)19-12-21(22(35-4)13-30-19)36-14-16-5-7-17(34-3)8-6-16/h5-10,12-13,15H,11,14H2,1-4H3. The first-order chi connectivity index (χ1) is 17.9. The lowest BCUT2D eigenvalue weighted by molar-refractivity contribution is -0.0500. The third-order valence-electron chi connectivity index (χ3n) is 5.14. The van der Waals surface area contributed by atoms with Gasteiger partial charge in [-0.3, -0.25) is 9.78 Å². The monoisotopic (exact) mass is 554 g/mol. The summed E-state index contributed by atoms with van der Waals surface area (Å²) in [7, 11) is -3.17. The second kappa shape index (κ2) is 11.7. The number of carbonyl (C=O) groups excluding carboxylic acids is 1. The number of methoxy groups -OCH3 is 2. The molecule has 0 atom stereocenters. The van der Waals surface area contributed by atoms with Crippen LogP contribution in [0.1, 0.15) is 41.2 Å². The second-order valence-electron chi connectivity index (χ2n) is 8.40. The summed E-state index contributed by atoms with van der Waals surface area (Å²) in [5.74, 6) is -0.864. The van der Waals surface area contributed by atoms with Gasteiger partial charge in [0.2, 0.25) is 5.78 Å². The summed E-state index contributed by atoms with van der Waals surface area (Å²) in [5, 5.41) is 0. The van der Waals surface area contributed by atoms with Crippen LogP contribution in [0.5, 0.6) is 23.0 Å². The van der Waals surface area contributed by atoms with Crippen LogP contribution < -0.4 is 18.4 Å². The zero-order chi connectivity index (χ0) is 28.1. The number of aromatic nitrogens is 2. The average molecular weight is 555 g/mol. The predicted molar refractivity (Wildman–Crippen MR) is 130 cm³/mol. The van der Waals surface area contributed by atoms with E-state index in [0.29, 0.717) is 5.75 Å². The maximum Gasteiger partial charge on any atom is 0.534 e. The van der Waals surface area contributed by atoms with Crippen molar-refractivity contribution in [1.29, 1.82) is 0 Å². The zero-order valence-corrected chi connectivity index (χ0v) is 21.7. The summed E-state index contributed by atoms with van der Waals surface area (Å²) in [4.78, 5) is 21.4. The molecule has 3 aromatic rings. The van der Waals surface area contributed by atoms with Crippen LogP contribution in [0.15, 0.2) is 48.8 Å². The Balaban J connectivity index is 2.00. The minimum absolute atomic E-state index is 0.0517. The van der Waals surface area contributed by atoms with Crippen molar-refractivity contribution in [2.24, 2.45) is 5.92 Å². The zero-order valence-electron chi connectivity index (χ0n) is 20.9. The fraction of sp³-hybridized carbons (Fsp3) is 0.320. The van der Waals surface area contributed by atoms with Gasteiger partial charge in [-0.2, -0.15) is 21.6 Å². The van der Waals surface area contributed by atoms with Crippen molar-refractivity contribution in [2.75, 3.05) is 14.2 Å². The van der Waals surface area contributed by atoms with Gasteiger partial charge in [0.25, 0.3) is 0 Å². The van der Waals surface area contributed by atoms with Crippen molar-refractivity contribution in [3.8, 4) is 23.0 Å². The molecule has 0 saturated heterocycles. The van der Waals surface area contributed by atoms with Crippen LogP contribution in [0.25, 0.3) is 0 Å². The van der Waals surface area contributed by atoms with E-state index in [1.807, 2.05) is 0 Å². The fourth-order valence-corrected chi connectivity index (χ4v) is 3.79. The maximum absolute atomic E-state index is 13.4. The van der Waals surface area contributed by atoms with Crippen LogP contribution in [0.4, 0.5) is 13.2 Å². The minimum atomic E-state index is -6.08. The molecule has 2 heterocycles. The fourth-order valence-electron chi connectivity index (χ4n) is 3.29. The van der Waals surface area contributed by atoms with Crippen molar-refractivity contribution >= 4 is 15.9 Å². The van der Waals surface area contributed by atoms with E-state index in [9.17, 15) is 26.4 Å². The molecule has 9 nitrogen and oxygen atoms in total. The highest BCUT2D eigenvalue weighted by atomic mass is 32.2. The van der Waals surface area contributed by atoms with Gasteiger partial charge in [-0.15, -0.1) is 0 Å². The molecule has 0 aliphatic carbocycles. The average Bonchev–Trinajstić information content (AvgIpc) is 2.87. The van der Waals surface area contributed by atoms with E-state index in [-0.39, 0.29) is 41.8 Å². The Hall–Kier alpha value is -3.87. The third kappa shape index (κ3) is 6.71. The van der Waals surface area contributed by atoms with Crippen molar-refractivity contribution in [3.63, 3.8) is 0 Å². The maximum atomic E-state index is 13.4. The van der Waals surface area contributed by atoms with E-state index in [1.165, 1.54) is 32.7 Å². The van der Waals surface area contributed by atoms with E-state index < -0.39 is 32.7 Å². The number of hydrogen-bond donors (Lipinski definition) is 0. The van der Waals surface area contributed by atoms with Gasteiger partial charge < -0.3 is 18.4 Å². The number of rotatable bonds is 11. The molecule has 0 aliphatic heterocycles. The van der Waals surface area contributed by atoms with Gasteiger partial charge in [-0.25, -0.2) is 4.98 Å². The number of benzene rings is 1. The summed E-state index contributed by atoms with van der Waals surface area (Å²) in [6.45, 7) is 3.58. The van der Waals surface area contributed by atoms with E-state index in [0.717, 1.165) is 11.6 Å². The van der Waals surface area contributed by atoms with E-state index in [2.05, 4.69) is 14.2 Å². The highest BCUT2D eigenvalue weighted by Crippen LogP contribution is 2.34. The molecule has 0 aliphatic rings. The minimum Gasteiger partial charge on any atom is -0.497 e. The molecule has 0 spiro atoms. The number of alkyl halides is 3. The molecule has 0 fully saturated rings. The van der Waals surface area contributed by atoms with Gasteiger partial charge in [0.1, 0.15) is 18.1 Å². The van der Waals surface area contributed by atoms with E-state index >= 15 is 0 Å². The molecule has 0 N–H and O–H groups in total. The van der Waals surface area contributed by atoms with Crippen LogP contribution in [0.3, 0.4) is 0 Å². The summed E-state index contributed by atoms with van der Waals surface area (Å²) < 4.78 is 83.6. The summed E-state index contributed by atoms with van der Waals surface area (Å²) >= 11 is 0. The third-order valence-corrected chi connectivity index (χ3v) is 6.09. The largest absolute Gasteiger partial charge is 0.534 e. The lowest BCUT2D eigenvalue weighted by Gasteiger charge is -2.17. The van der Waals surface area contributed by atoms with Crippen molar-refractivity contribution in [3.05, 3.63) is 71.3 Å². The van der Waals surface area contributed by atoms with E-state index in [1.54, 1.807) is 38.1 Å². The van der Waals surface area contributed by atoms with Gasteiger partial charge >= 0.3 is 15.6 Å². The molecule has 38 heavy (non-hydrogen) atoms. The summed E-state index contributed by atoms with van der Waals surface area (Å²) in [5.41, 5.74) is -5.76. The van der Waals surface area contributed by atoms with Crippen LogP contribution in [-0.4, -0.2) is 43.9 Å². The number of nitrogens with zero attached hydrogens (tertiary/aromatic N) is 2. The molecule has 0 radical (unpaired) electrons. The molecule has 3 rings (SSSR count). The molecule has 0 amide bonds. The van der Waals surface area contributed by atoms with Crippen LogP contribution >= 0.6 is 0 Å². The molecule has 0 saturated carbocycles. The quantitative estimate of drug-likeness (QED) is 0.189. The van der Waals surface area contributed by atoms with Crippen molar-refractivity contribution < 1.29 is 44.8 Å². The first-order valence-corrected chi connectivity index (χ1v) is 12.6. The number of ether oxygens (including phenoxy) is 3. The summed E-state index contributed by atoms with van der Waals surface area (Å²) in [6, 6.07) is 9.34. The Labute approximate surface area is 217 Å². The number of ketones is 1. The Morgan fingerprint density at radius 3 is 2.26 bits per heavy atom. The number of hydrogen-bond acceptors (Lipinski definition) is 9. The van der Waals surface area contributed by atoms with Gasteiger partial charge in [0, 0.05) is 12.3 Å². The predicted octanol–water partition coefficient (Wildman–Crippen LogP) is 4.73. The van der Waals surface area contributed by atoms with Gasteiger partial charge in [-0.1, -0.05) is 26.0 Å². The normalized spacial score (nSPS) is 11.8. The first-order valence-electron chi connectivity index (χ1n) is 11.2. The van der Waals surface area contributed by atoms with Crippen LogP contribution in [0, 0.1) is 5.92 Å². The molecule has 204 valence electrons. The first kappa shape index (κ1) is 28.7. The van der Waals surface area contributed by atoms with Crippen molar-refractivity contribution in [1.82, 2.24) is 9.97 Å². The molecular formula is C25H25F3N2O7S. The SMILES string of the molecule is COc1ccc(COc2cc(C(=O)c3ccnc(CC(C)C)c3OS(=O)(=O)C(F)(F)F)ncc2OC)cc1. The summed E-state index contributed by atoms with van der Waals surface area (Å²) in [6.07, 6.45) is 2.44. The number of halogens is 3.